The molecule has 0 fully saturated rings. The van der Waals surface area contributed by atoms with Crippen LogP contribution in [0.3, 0.4) is 0 Å². The Bertz CT molecular complexity index is 1070. The van der Waals surface area contributed by atoms with E-state index in [1.54, 1.807) is 12.4 Å². The highest BCUT2D eigenvalue weighted by molar-refractivity contribution is 5.89. The largest absolute Gasteiger partial charge is 0.416 e. The molecule has 0 aliphatic heterocycles. The smallest absolute Gasteiger partial charge is 0.325 e. The van der Waals surface area contributed by atoms with Gasteiger partial charge in [-0.1, -0.05) is 18.2 Å². The predicted octanol–water partition coefficient (Wildman–Crippen LogP) is 4.42. The number of carbonyl (C=O) groups excluding carboxylic acids is 1. The van der Waals surface area contributed by atoms with Crippen LogP contribution in [-0.4, -0.2) is 15.9 Å². The number of amides is 1. The van der Waals surface area contributed by atoms with Crippen molar-refractivity contribution in [2.45, 2.75) is 19.0 Å². The van der Waals surface area contributed by atoms with E-state index in [4.69, 9.17) is 0 Å². The van der Waals surface area contributed by atoms with Crippen molar-refractivity contribution in [3.05, 3.63) is 89.4 Å². The molecule has 4 rings (SSSR count). The second-order valence-electron chi connectivity index (χ2n) is 6.67. The fourth-order valence-electron chi connectivity index (χ4n) is 3.20. The predicted molar refractivity (Wildman–Crippen MR) is 102 cm³/mol. The molecule has 0 saturated carbocycles. The molecule has 0 saturated heterocycles. The van der Waals surface area contributed by atoms with Crippen LogP contribution in [0.2, 0.25) is 0 Å². The topological polar surface area (TPSA) is 54.9 Å². The van der Waals surface area contributed by atoms with Gasteiger partial charge in [0.25, 0.3) is 0 Å². The molecule has 29 heavy (non-hydrogen) atoms. The van der Waals surface area contributed by atoms with Crippen molar-refractivity contribution in [3.63, 3.8) is 0 Å². The van der Waals surface area contributed by atoms with E-state index >= 15 is 0 Å². The van der Waals surface area contributed by atoms with Crippen LogP contribution in [0, 0.1) is 0 Å². The maximum Gasteiger partial charge on any atom is 0.416 e. The van der Waals surface area contributed by atoms with Gasteiger partial charge in [0.15, 0.2) is 0 Å². The summed E-state index contributed by atoms with van der Waals surface area (Å²) < 4.78 is 37.9. The Morgan fingerprint density at radius 2 is 1.86 bits per heavy atom. The fourth-order valence-corrected chi connectivity index (χ4v) is 3.20. The number of benzene rings is 1. The highest BCUT2D eigenvalue weighted by Crippen LogP contribution is 2.29. The number of allylic oxidation sites excluding steroid dienone is 1. The van der Waals surface area contributed by atoms with Gasteiger partial charge < -0.3 is 5.32 Å². The van der Waals surface area contributed by atoms with Gasteiger partial charge in [-0.15, -0.1) is 0 Å². The molecule has 0 spiro atoms. The number of nitrogens with one attached hydrogen (secondary N) is 1. The Morgan fingerprint density at radius 3 is 2.55 bits per heavy atom. The highest BCUT2D eigenvalue weighted by Gasteiger charge is 2.30. The summed E-state index contributed by atoms with van der Waals surface area (Å²) in [6.45, 7) is 0. The van der Waals surface area contributed by atoms with Crippen LogP contribution in [0.25, 0.3) is 17.0 Å². The highest BCUT2D eigenvalue weighted by atomic mass is 19.4. The number of rotatable bonds is 4. The second kappa shape index (κ2) is 7.50. The maximum atomic E-state index is 12.6. The minimum atomic E-state index is -4.39. The first-order chi connectivity index (χ1) is 13.9. The van der Waals surface area contributed by atoms with E-state index in [-0.39, 0.29) is 12.3 Å². The quantitative estimate of drug-likeness (QED) is 0.712. The standard InChI is InChI=1S/C22H16F3N3O/c23-22(24,25)16-5-3-14(4-6-16)12-21(29)28-20-10-9-19-17(20)7-8-18(27-19)15-2-1-11-26-13-15/h1-8,10-11,13H,9,12H2,(H,28,29). The molecular weight excluding hydrogens is 379 g/mol. The summed E-state index contributed by atoms with van der Waals surface area (Å²) in [7, 11) is 0. The Labute approximate surface area is 165 Å². The van der Waals surface area contributed by atoms with E-state index in [2.05, 4.69) is 15.3 Å². The lowest BCUT2D eigenvalue weighted by molar-refractivity contribution is -0.137. The monoisotopic (exact) mass is 395 g/mol. The molecule has 1 aromatic carbocycles. The van der Waals surface area contributed by atoms with Gasteiger partial charge in [-0.25, -0.2) is 0 Å². The molecule has 2 heterocycles. The maximum absolute atomic E-state index is 12.6. The van der Waals surface area contributed by atoms with Crippen molar-refractivity contribution in [1.82, 2.24) is 15.3 Å². The number of fused-ring (bicyclic) bond motifs is 1. The van der Waals surface area contributed by atoms with Crippen molar-refractivity contribution in [3.8, 4) is 11.3 Å². The molecule has 0 atom stereocenters. The zero-order valence-electron chi connectivity index (χ0n) is 15.2. The number of carbonyl (C=O) groups is 1. The van der Waals surface area contributed by atoms with Crippen LogP contribution in [-0.2, 0) is 23.8 Å². The Morgan fingerprint density at radius 1 is 1.07 bits per heavy atom. The molecule has 1 aliphatic carbocycles. The van der Waals surface area contributed by atoms with E-state index in [0.29, 0.717) is 17.7 Å². The third-order valence-electron chi connectivity index (χ3n) is 4.64. The first kappa shape index (κ1) is 18.9. The van der Waals surface area contributed by atoms with Crippen LogP contribution in [0.1, 0.15) is 22.4 Å². The zero-order chi connectivity index (χ0) is 20.4. The molecule has 0 unspecified atom stereocenters. The van der Waals surface area contributed by atoms with Gasteiger partial charge in [0.05, 0.1) is 23.4 Å². The summed E-state index contributed by atoms with van der Waals surface area (Å²) in [6.07, 6.45) is 1.52. The molecule has 2 aromatic heterocycles. The lowest BCUT2D eigenvalue weighted by Gasteiger charge is -2.10. The van der Waals surface area contributed by atoms with E-state index in [9.17, 15) is 18.0 Å². The summed E-state index contributed by atoms with van der Waals surface area (Å²) in [4.78, 5) is 21.1. The van der Waals surface area contributed by atoms with Gasteiger partial charge in [-0.3, -0.25) is 14.8 Å². The van der Waals surface area contributed by atoms with Crippen LogP contribution >= 0.6 is 0 Å². The van der Waals surface area contributed by atoms with Gasteiger partial charge in [0, 0.05) is 35.6 Å². The normalized spacial score (nSPS) is 13.0. The summed E-state index contributed by atoms with van der Waals surface area (Å²) in [5.74, 6) is -0.291. The van der Waals surface area contributed by atoms with E-state index in [1.165, 1.54) is 12.1 Å². The van der Waals surface area contributed by atoms with Crippen molar-refractivity contribution >= 4 is 11.6 Å². The Balaban J connectivity index is 1.43. The van der Waals surface area contributed by atoms with Crippen LogP contribution in [0.5, 0.6) is 0 Å². The average Bonchev–Trinajstić information content (AvgIpc) is 3.10. The number of aromatic nitrogens is 2. The SMILES string of the molecule is O=C(Cc1ccc(C(F)(F)F)cc1)NC1=CCc2nc(-c3cccnc3)ccc21. The van der Waals surface area contributed by atoms with Crippen molar-refractivity contribution in [2.24, 2.45) is 0 Å². The summed E-state index contributed by atoms with van der Waals surface area (Å²) >= 11 is 0. The number of halogens is 3. The van der Waals surface area contributed by atoms with E-state index < -0.39 is 11.7 Å². The molecule has 0 radical (unpaired) electrons. The number of hydrogen-bond acceptors (Lipinski definition) is 3. The molecule has 1 N–H and O–H groups in total. The van der Waals surface area contributed by atoms with Crippen LogP contribution in [0.15, 0.2) is 67.0 Å². The fraction of sp³-hybridized carbons (Fsp3) is 0.136. The lowest BCUT2D eigenvalue weighted by Crippen LogP contribution is -2.23. The molecule has 1 aliphatic rings. The number of pyridine rings is 2. The first-order valence-corrected chi connectivity index (χ1v) is 8.97. The number of alkyl halides is 3. The molecule has 146 valence electrons. The molecule has 7 heteroatoms. The van der Waals surface area contributed by atoms with Crippen molar-refractivity contribution in [2.75, 3.05) is 0 Å². The minimum Gasteiger partial charge on any atom is -0.325 e. The molecule has 3 aromatic rings. The Hall–Kier alpha value is -3.48. The van der Waals surface area contributed by atoms with Gasteiger partial charge in [0.1, 0.15) is 0 Å². The second-order valence-corrected chi connectivity index (χ2v) is 6.67. The lowest BCUT2D eigenvalue weighted by atomic mass is 10.1. The number of hydrogen-bond donors (Lipinski definition) is 1. The zero-order valence-corrected chi connectivity index (χ0v) is 15.2. The minimum absolute atomic E-state index is 0.00793. The van der Waals surface area contributed by atoms with E-state index in [0.717, 1.165) is 34.6 Å². The van der Waals surface area contributed by atoms with E-state index in [1.807, 2.05) is 30.3 Å². The van der Waals surface area contributed by atoms with Gasteiger partial charge in [0.2, 0.25) is 5.91 Å². The van der Waals surface area contributed by atoms with Crippen molar-refractivity contribution in [1.29, 1.82) is 0 Å². The molecule has 4 nitrogen and oxygen atoms in total. The third-order valence-corrected chi connectivity index (χ3v) is 4.64. The first-order valence-electron chi connectivity index (χ1n) is 8.97. The van der Waals surface area contributed by atoms with Gasteiger partial charge in [-0.05, 0) is 42.0 Å². The van der Waals surface area contributed by atoms with Gasteiger partial charge in [-0.2, -0.15) is 13.2 Å². The molecule has 0 bridgehead atoms. The summed E-state index contributed by atoms with van der Waals surface area (Å²) in [5.41, 5.74) is 3.87. The van der Waals surface area contributed by atoms with Crippen LogP contribution in [0.4, 0.5) is 13.2 Å². The molecular formula is C22H16F3N3O. The van der Waals surface area contributed by atoms with Crippen molar-refractivity contribution < 1.29 is 18.0 Å². The van der Waals surface area contributed by atoms with Crippen LogP contribution < -0.4 is 5.32 Å². The summed E-state index contributed by atoms with van der Waals surface area (Å²) in [6, 6.07) is 12.2. The molecule has 1 amide bonds. The Kier molecular flexibility index (Phi) is 4.88. The third kappa shape index (κ3) is 4.18. The average molecular weight is 395 g/mol. The van der Waals surface area contributed by atoms with Gasteiger partial charge >= 0.3 is 6.18 Å². The number of nitrogens with zero attached hydrogens (tertiary/aromatic N) is 2. The summed E-state index contributed by atoms with van der Waals surface area (Å²) in [5, 5.41) is 2.84.